The second-order valence-electron chi connectivity index (χ2n) is 6.07. The molecule has 0 spiro atoms. The van der Waals surface area contributed by atoms with Gasteiger partial charge in [0.15, 0.2) is 0 Å². The molecule has 0 radical (unpaired) electrons. The Labute approximate surface area is 126 Å². The lowest BCUT2D eigenvalue weighted by atomic mass is 9.89. The van der Waals surface area contributed by atoms with E-state index < -0.39 is 0 Å². The van der Waals surface area contributed by atoms with E-state index in [1.165, 1.54) is 16.9 Å². The fraction of sp³-hybridized carbons (Fsp3) is 0.750. The fourth-order valence-corrected chi connectivity index (χ4v) is 4.52. The first-order chi connectivity index (χ1) is 9.56. The summed E-state index contributed by atoms with van der Waals surface area (Å²) in [5.41, 5.74) is 7.73. The molecule has 0 aromatic carbocycles. The number of nitrogens with two attached hydrogens (primary N) is 1. The number of hydrogen-bond donors (Lipinski definition) is 2. The van der Waals surface area contributed by atoms with Crippen LogP contribution in [0.5, 0.6) is 0 Å². The lowest BCUT2D eigenvalue weighted by molar-refractivity contribution is 0.00708. The first kappa shape index (κ1) is 16.0. The lowest BCUT2D eigenvalue weighted by Gasteiger charge is -2.42. The highest BCUT2D eigenvalue weighted by atomic mass is 32.1. The number of nitrogens with zero attached hydrogens (tertiary/aromatic N) is 1. The number of aryl methyl sites for hydroxylation is 1. The smallest absolute Gasteiger partial charge is 0.0695 e. The first-order valence-corrected chi connectivity index (χ1v) is 8.63. The number of thiophene rings is 1. The quantitative estimate of drug-likeness (QED) is 0.878. The summed E-state index contributed by atoms with van der Waals surface area (Å²) in [4.78, 5) is 3.70. The number of hydrogen-bond acceptors (Lipinski definition) is 4. The molecule has 0 amide bonds. The molecule has 1 aromatic rings. The van der Waals surface area contributed by atoms with Crippen LogP contribution >= 0.6 is 11.3 Å². The largest absolute Gasteiger partial charge is 0.391 e. The molecule has 1 fully saturated rings. The zero-order valence-corrected chi connectivity index (χ0v) is 13.7. The highest BCUT2D eigenvalue weighted by Gasteiger charge is 2.34. The van der Waals surface area contributed by atoms with Crippen molar-refractivity contribution < 1.29 is 5.11 Å². The van der Waals surface area contributed by atoms with E-state index in [1.807, 2.05) is 0 Å². The predicted molar refractivity (Wildman–Crippen MR) is 86.1 cm³/mol. The summed E-state index contributed by atoms with van der Waals surface area (Å²) in [6, 6.07) is 2.75. The highest BCUT2D eigenvalue weighted by Crippen LogP contribution is 2.35. The summed E-state index contributed by atoms with van der Waals surface area (Å²) in [7, 11) is 2.14. The Hall–Kier alpha value is -0.420. The molecule has 1 heterocycles. The molecule has 4 atom stereocenters. The minimum Gasteiger partial charge on any atom is -0.391 e. The van der Waals surface area contributed by atoms with Crippen molar-refractivity contribution in [2.24, 2.45) is 5.73 Å². The van der Waals surface area contributed by atoms with Gasteiger partial charge in [-0.15, -0.1) is 11.3 Å². The predicted octanol–water partition coefficient (Wildman–Crippen LogP) is 3.07. The maximum absolute atomic E-state index is 10.3. The Balaban J connectivity index is 2.24. The number of rotatable bonds is 5. The summed E-state index contributed by atoms with van der Waals surface area (Å²) in [6.07, 6.45) is 5.11. The van der Waals surface area contributed by atoms with Gasteiger partial charge in [0, 0.05) is 17.0 Å². The third kappa shape index (κ3) is 3.25. The molecule has 4 unspecified atom stereocenters. The van der Waals surface area contributed by atoms with Crippen molar-refractivity contribution in [2.45, 2.75) is 70.2 Å². The lowest BCUT2D eigenvalue weighted by Crippen LogP contribution is -2.49. The standard InChI is InChI=1S/C16H28N2OS/c1-4-12(17)15(16-11(2)9-10-20-16)18(3)13-7-5-6-8-14(13)19/h9-10,12-15,19H,4-8,17H2,1-3H3. The van der Waals surface area contributed by atoms with Crippen LogP contribution in [0.1, 0.15) is 55.5 Å². The molecule has 1 aromatic heterocycles. The van der Waals surface area contributed by atoms with Gasteiger partial charge in [0.1, 0.15) is 0 Å². The van der Waals surface area contributed by atoms with Crippen LogP contribution in [0.25, 0.3) is 0 Å². The van der Waals surface area contributed by atoms with Crippen LogP contribution in [-0.2, 0) is 0 Å². The van der Waals surface area contributed by atoms with Gasteiger partial charge in [-0.05, 0) is 50.2 Å². The van der Waals surface area contributed by atoms with Crippen molar-refractivity contribution in [3.05, 3.63) is 21.9 Å². The molecule has 1 aliphatic carbocycles. The third-order valence-electron chi connectivity index (χ3n) is 4.70. The van der Waals surface area contributed by atoms with Crippen molar-refractivity contribution in [1.29, 1.82) is 0 Å². The van der Waals surface area contributed by atoms with E-state index in [2.05, 4.69) is 37.2 Å². The van der Waals surface area contributed by atoms with E-state index in [1.54, 1.807) is 11.3 Å². The topological polar surface area (TPSA) is 49.5 Å². The fourth-order valence-electron chi connectivity index (χ4n) is 3.37. The molecule has 2 rings (SSSR count). The highest BCUT2D eigenvalue weighted by molar-refractivity contribution is 7.10. The van der Waals surface area contributed by atoms with Crippen molar-refractivity contribution in [2.75, 3.05) is 7.05 Å². The van der Waals surface area contributed by atoms with Crippen LogP contribution in [-0.4, -0.2) is 35.2 Å². The van der Waals surface area contributed by atoms with E-state index in [0.29, 0.717) is 0 Å². The van der Waals surface area contributed by atoms with Crippen molar-refractivity contribution >= 4 is 11.3 Å². The van der Waals surface area contributed by atoms with E-state index in [0.717, 1.165) is 25.7 Å². The number of aliphatic hydroxyl groups is 1. The zero-order chi connectivity index (χ0) is 14.7. The van der Waals surface area contributed by atoms with Gasteiger partial charge in [0.2, 0.25) is 0 Å². The molecule has 1 aliphatic rings. The van der Waals surface area contributed by atoms with Gasteiger partial charge in [-0.2, -0.15) is 0 Å². The second kappa shape index (κ2) is 7.03. The zero-order valence-electron chi connectivity index (χ0n) is 12.9. The summed E-state index contributed by atoms with van der Waals surface area (Å²) in [5.74, 6) is 0. The van der Waals surface area contributed by atoms with Crippen LogP contribution in [0.2, 0.25) is 0 Å². The summed E-state index contributed by atoms with van der Waals surface area (Å²) in [6.45, 7) is 4.30. The maximum Gasteiger partial charge on any atom is 0.0695 e. The molecule has 0 saturated heterocycles. The van der Waals surface area contributed by atoms with Crippen molar-refractivity contribution in [3.8, 4) is 0 Å². The molecule has 0 aliphatic heterocycles. The van der Waals surface area contributed by atoms with E-state index in [9.17, 15) is 5.11 Å². The van der Waals surface area contributed by atoms with Crippen LogP contribution in [0.15, 0.2) is 11.4 Å². The van der Waals surface area contributed by atoms with Gasteiger partial charge in [0.25, 0.3) is 0 Å². The Morgan fingerprint density at radius 2 is 2.15 bits per heavy atom. The molecular weight excluding hydrogens is 268 g/mol. The van der Waals surface area contributed by atoms with E-state index in [-0.39, 0.29) is 24.2 Å². The Morgan fingerprint density at radius 3 is 2.70 bits per heavy atom. The molecule has 4 heteroatoms. The molecule has 114 valence electrons. The third-order valence-corrected chi connectivity index (χ3v) is 5.79. The molecule has 1 saturated carbocycles. The summed E-state index contributed by atoms with van der Waals surface area (Å²) < 4.78 is 0. The minimum absolute atomic E-state index is 0.117. The van der Waals surface area contributed by atoms with Gasteiger partial charge in [0.05, 0.1) is 12.1 Å². The van der Waals surface area contributed by atoms with E-state index in [4.69, 9.17) is 5.73 Å². The minimum atomic E-state index is -0.208. The Morgan fingerprint density at radius 1 is 1.45 bits per heavy atom. The first-order valence-electron chi connectivity index (χ1n) is 7.75. The van der Waals surface area contributed by atoms with Crippen LogP contribution < -0.4 is 5.73 Å². The van der Waals surface area contributed by atoms with E-state index >= 15 is 0 Å². The van der Waals surface area contributed by atoms with Gasteiger partial charge < -0.3 is 10.8 Å². The van der Waals surface area contributed by atoms with Gasteiger partial charge in [-0.1, -0.05) is 19.8 Å². The van der Waals surface area contributed by atoms with Crippen molar-refractivity contribution in [3.63, 3.8) is 0 Å². The Bertz CT molecular complexity index is 420. The van der Waals surface area contributed by atoms with Crippen LogP contribution in [0, 0.1) is 6.92 Å². The van der Waals surface area contributed by atoms with Crippen molar-refractivity contribution in [1.82, 2.24) is 4.90 Å². The normalized spacial score (nSPS) is 26.7. The second-order valence-corrected chi connectivity index (χ2v) is 7.02. The Kier molecular flexibility index (Phi) is 5.61. The average molecular weight is 296 g/mol. The van der Waals surface area contributed by atoms with Crippen LogP contribution in [0.3, 0.4) is 0 Å². The number of aliphatic hydroxyl groups excluding tert-OH is 1. The SMILES string of the molecule is CCC(N)C(c1sccc1C)N(C)C1CCCCC1O. The number of likely N-dealkylation sites (N-methyl/N-ethyl adjacent to an activating group) is 1. The monoisotopic (exact) mass is 296 g/mol. The molecule has 3 nitrogen and oxygen atoms in total. The molecule has 20 heavy (non-hydrogen) atoms. The summed E-state index contributed by atoms with van der Waals surface area (Å²) in [5, 5.41) is 12.5. The van der Waals surface area contributed by atoms with Crippen LogP contribution in [0.4, 0.5) is 0 Å². The van der Waals surface area contributed by atoms with Gasteiger partial charge in [-0.25, -0.2) is 0 Å². The molecule has 3 N–H and O–H groups in total. The molecule has 0 bridgehead atoms. The van der Waals surface area contributed by atoms with Gasteiger partial charge in [-0.3, -0.25) is 4.90 Å². The molecular formula is C16H28N2OS. The van der Waals surface area contributed by atoms with Gasteiger partial charge >= 0.3 is 0 Å². The summed E-state index contributed by atoms with van der Waals surface area (Å²) >= 11 is 1.79. The average Bonchev–Trinajstić information content (AvgIpc) is 2.85. The maximum atomic E-state index is 10.3.